The first-order valence-electron chi connectivity index (χ1n) is 4.33. The van der Waals surface area contributed by atoms with Gasteiger partial charge in [-0.05, 0) is 39.5 Å². The van der Waals surface area contributed by atoms with E-state index in [0.29, 0.717) is 5.92 Å². The van der Waals surface area contributed by atoms with Crippen LogP contribution in [0.4, 0.5) is 5.69 Å². The van der Waals surface area contributed by atoms with Crippen LogP contribution < -0.4 is 11.5 Å². The maximum Gasteiger partial charge on any atom is 0.0458 e. The molecule has 2 nitrogen and oxygen atoms in total. The quantitative estimate of drug-likeness (QED) is 0.784. The van der Waals surface area contributed by atoms with Crippen molar-refractivity contribution in [3.05, 3.63) is 28.2 Å². The Labute approximate surface area is 87.4 Å². The van der Waals surface area contributed by atoms with Gasteiger partial charge in [-0.3, -0.25) is 0 Å². The summed E-state index contributed by atoms with van der Waals surface area (Å²) in [5, 5.41) is 0. The van der Waals surface area contributed by atoms with E-state index in [1.807, 2.05) is 18.2 Å². The van der Waals surface area contributed by atoms with E-state index in [0.717, 1.165) is 15.7 Å². The van der Waals surface area contributed by atoms with Crippen LogP contribution in [0.2, 0.25) is 0 Å². The van der Waals surface area contributed by atoms with Gasteiger partial charge in [-0.15, -0.1) is 0 Å². The van der Waals surface area contributed by atoms with Crippen molar-refractivity contribution >= 4 is 21.6 Å². The normalized spacial score (nSPS) is 13.3. The van der Waals surface area contributed by atoms with Crippen molar-refractivity contribution in [1.82, 2.24) is 0 Å². The van der Waals surface area contributed by atoms with E-state index >= 15 is 0 Å². The first-order chi connectivity index (χ1) is 6.02. The molecule has 0 spiro atoms. The van der Waals surface area contributed by atoms with Crippen LogP contribution >= 0.6 is 15.9 Å². The summed E-state index contributed by atoms with van der Waals surface area (Å²) in [5.41, 5.74) is 13.5. The highest BCUT2D eigenvalue weighted by Gasteiger charge is 2.10. The summed E-state index contributed by atoms with van der Waals surface area (Å²) in [4.78, 5) is 0. The summed E-state index contributed by atoms with van der Waals surface area (Å²) < 4.78 is 0.918. The number of hydrogen-bond acceptors (Lipinski definition) is 2. The van der Waals surface area contributed by atoms with E-state index in [1.54, 1.807) is 0 Å². The number of hydrogen-bond donors (Lipinski definition) is 2. The predicted octanol–water partition coefficient (Wildman–Crippen LogP) is 2.69. The average molecular weight is 243 g/mol. The Hall–Kier alpha value is -0.540. The lowest BCUT2D eigenvalue weighted by Gasteiger charge is -2.16. The zero-order chi connectivity index (χ0) is 10.0. The molecule has 3 heteroatoms. The molecule has 0 saturated heterocycles. The third-order valence-electron chi connectivity index (χ3n) is 2.13. The van der Waals surface area contributed by atoms with Crippen molar-refractivity contribution in [3.8, 4) is 0 Å². The maximum absolute atomic E-state index is 6.00. The number of benzene rings is 1. The van der Waals surface area contributed by atoms with E-state index in [-0.39, 0.29) is 6.04 Å². The fraction of sp³-hybridized carbons (Fsp3) is 0.400. The molecule has 0 aliphatic carbocycles. The molecule has 1 aromatic rings. The van der Waals surface area contributed by atoms with Crippen LogP contribution in [0.1, 0.15) is 25.5 Å². The molecule has 0 aliphatic rings. The Balaban J connectivity index is 2.97. The zero-order valence-corrected chi connectivity index (χ0v) is 9.51. The highest BCUT2D eigenvalue weighted by Crippen LogP contribution is 2.26. The Morgan fingerprint density at radius 2 is 1.92 bits per heavy atom. The minimum atomic E-state index is 0.0805. The molecule has 0 fully saturated rings. The zero-order valence-electron chi connectivity index (χ0n) is 7.92. The van der Waals surface area contributed by atoms with E-state index in [2.05, 4.69) is 29.8 Å². The molecular weight excluding hydrogens is 228 g/mol. The molecule has 0 unspecified atom stereocenters. The summed E-state index contributed by atoms with van der Waals surface area (Å²) in [7, 11) is 0. The number of rotatable bonds is 2. The maximum atomic E-state index is 6.00. The molecule has 1 aromatic carbocycles. The average Bonchev–Trinajstić information content (AvgIpc) is 2.08. The molecule has 0 heterocycles. The van der Waals surface area contributed by atoms with E-state index in [9.17, 15) is 0 Å². The van der Waals surface area contributed by atoms with Gasteiger partial charge < -0.3 is 11.5 Å². The third kappa shape index (κ3) is 2.45. The minimum absolute atomic E-state index is 0.0805. The molecule has 0 saturated carbocycles. The number of halogens is 1. The first-order valence-corrected chi connectivity index (χ1v) is 5.12. The molecule has 1 rings (SSSR count). The third-order valence-corrected chi connectivity index (χ3v) is 2.81. The number of anilines is 1. The highest BCUT2D eigenvalue weighted by atomic mass is 79.9. The molecular formula is C10H15BrN2. The largest absolute Gasteiger partial charge is 0.398 e. The fourth-order valence-corrected chi connectivity index (χ4v) is 1.53. The second-order valence-electron chi connectivity index (χ2n) is 3.55. The van der Waals surface area contributed by atoms with Gasteiger partial charge in [0.2, 0.25) is 0 Å². The smallest absolute Gasteiger partial charge is 0.0458 e. The molecule has 1 atom stereocenters. The summed E-state index contributed by atoms with van der Waals surface area (Å²) in [6.07, 6.45) is 0. The van der Waals surface area contributed by atoms with Crippen LogP contribution in [0.15, 0.2) is 22.7 Å². The SMILES string of the molecule is CC(C)[C@@H](N)c1ccc(N)c(Br)c1. The van der Waals surface area contributed by atoms with Crippen molar-refractivity contribution in [2.45, 2.75) is 19.9 Å². The predicted molar refractivity (Wildman–Crippen MR) is 60.3 cm³/mol. The highest BCUT2D eigenvalue weighted by molar-refractivity contribution is 9.10. The van der Waals surface area contributed by atoms with Gasteiger partial charge in [0.1, 0.15) is 0 Å². The van der Waals surface area contributed by atoms with Crippen LogP contribution in [0, 0.1) is 5.92 Å². The Morgan fingerprint density at radius 3 is 2.38 bits per heavy atom. The van der Waals surface area contributed by atoms with E-state index in [1.165, 1.54) is 0 Å². The lowest BCUT2D eigenvalue weighted by Crippen LogP contribution is -2.16. The Bertz CT molecular complexity index is 297. The van der Waals surface area contributed by atoms with Crippen molar-refractivity contribution in [3.63, 3.8) is 0 Å². The van der Waals surface area contributed by atoms with Crippen LogP contribution in [-0.2, 0) is 0 Å². The number of nitrogens with two attached hydrogens (primary N) is 2. The van der Waals surface area contributed by atoms with Gasteiger partial charge in [0.25, 0.3) is 0 Å². The molecule has 72 valence electrons. The molecule has 0 aromatic heterocycles. The van der Waals surface area contributed by atoms with Crippen molar-refractivity contribution in [2.75, 3.05) is 5.73 Å². The van der Waals surface area contributed by atoms with Crippen LogP contribution in [0.25, 0.3) is 0 Å². The number of nitrogen functional groups attached to an aromatic ring is 1. The van der Waals surface area contributed by atoms with Gasteiger partial charge in [-0.2, -0.15) is 0 Å². The van der Waals surface area contributed by atoms with Crippen LogP contribution in [0.3, 0.4) is 0 Å². The van der Waals surface area contributed by atoms with E-state index in [4.69, 9.17) is 11.5 Å². The summed E-state index contributed by atoms with van der Waals surface area (Å²) in [5.74, 6) is 0.440. The van der Waals surface area contributed by atoms with Crippen molar-refractivity contribution < 1.29 is 0 Å². The van der Waals surface area contributed by atoms with Gasteiger partial charge in [0.05, 0.1) is 0 Å². The Kier molecular flexibility index (Phi) is 3.33. The fourth-order valence-electron chi connectivity index (χ4n) is 1.14. The second-order valence-corrected chi connectivity index (χ2v) is 4.41. The first kappa shape index (κ1) is 10.5. The Morgan fingerprint density at radius 1 is 1.31 bits per heavy atom. The van der Waals surface area contributed by atoms with Crippen LogP contribution in [-0.4, -0.2) is 0 Å². The molecule has 0 bridgehead atoms. The lowest BCUT2D eigenvalue weighted by atomic mass is 9.97. The topological polar surface area (TPSA) is 52.0 Å². The summed E-state index contributed by atoms with van der Waals surface area (Å²) in [6.45, 7) is 4.21. The van der Waals surface area contributed by atoms with Gasteiger partial charge in [0.15, 0.2) is 0 Å². The standard InChI is InChI=1S/C10H15BrN2/c1-6(2)10(13)7-3-4-9(12)8(11)5-7/h3-6,10H,12-13H2,1-2H3/t10-/m1/s1. The molecule has 0 amide bonds. The second kappa shape index (κ2) is 4.11. The van der Waals surface area contributed by atoms with Gasteiger partial charge in [-0.1, -0.05) is 19.9 Å². The van der Waals surface area contributed by atoms with E-state index < -0.39 is 0 Å². The monoisotopic (exact) mass is 242 g/mol. The van der Waals surface area contributed by atoms with Gasteiger partial charge in [0, 0.05) is 16.2 Å². The van der Waals surface area contributed by atoms with Gasteiger partial charge >= 0.3 is 0 Å². The molecule has 0 aliphatic heterocycles. The lowest BCUT2D eigenvalue weighted by molar-refractivity contribution is 0.514. The van der Waals surface area contributed by atoms with Crippen molar-refractivity contribution in [1.29, 1.82) is 0 Å². The molecule has 4 N–H and O–H groups in total. The van der Waals surface area contributed by atoms with Gasteiger partial charge in [-0.25, -0.2) is 0 Å². The summed E-state index contributed by atoms with van der Waals surface area (Å²) in [6, 6.07) is 5.92. The molecule has 13 heavy (non-hydrogen) atoms. The van der Waals surface area contributed by atoms with Crippen molar-refractivity contribution in [2.24, 2.45) is 11.7 Å². The minimum Gasteiger partial charge on any atom is -0.398 e. The van der Waals surface area contributed by atoms with Crippen LogP contribution in [0.5, 0.6) is 0 Å². The molecule has 0 radical (unpaired) electrons. The summed E-state index contributed by atoms with van der Waals surface area (Å²) >= 11 is 3.38.